The molecular formula is C10H20ClNO. The zero-order chi connectivity index (χ0) is 10.3. The van der Waals surface area contributed by atoms with Gasteiger partial charge >= 0.3 is 0 Å². The van der Waals surface area contributed by atoms with E-state index in [9.17, 15) is 4.79 Å². The molecule has 0 spiro atoms. The van der Waals surface area contributed by atoms with Crippen molar-refractivity contribution in [2.75, 3.05) is 19.6 Å². The van der Waals surface area contributed by atoms with Gasteiger partial charge in [-0.25, -0.2) is 0 Å². The summed E-state index contributed by atoms with van der Waals surface area (Å²) in [5.41, 5.74) is 0. The van der Waals surface area contributed by atoms with Gasteiger partial charge in [0, 0.05) is 5.92 Å². The average Bonchev–Trinajstić information content (AvgIpc) is 2.12. The van der Waals surface area contributed by atoms with Gasteiger partial charge in [0.2, 0.25) is 5.24 Å². The van der Waals surface area contributed by atoms with Crippen molar-refractivity contribution in [3.05, 3.63) is 0 Å². The monoisotopic (exact) mass is 205 g/mol. The van der Waals surface area contributed by atoms with Crippen LogP contribution >= 0.6 is 11.6 Å². The van der Waals surface area contributed by atoms with Gasteiger partial charge in [0.25, 0.3) is 0 Å². The molecule has 0 aliphatic carbocycles. The first-order chi connectivity index (χ1) is 6.11. The average molecular weight is 206 g/mol. The van der Waals surface area contributed by atoms with Crippen molar-refractivity contribution in [1.82, 2.24) is 4.90 Å². The van der Waals surface area contributed by atoms with Crippen LogP contribution in [0.15, 0.2) is 0 Å². The quantitative estimate of drug-likeness (QED) is 0.596. The number of carbonyl (C=O) groups excluding carboxylic acids is 1. The first-order valence-electron chi connectivity index (χ1n) is 5.03. The molecule has 1 atom stereocenters. The van der Waals surface area contributed by atoms with Crippen molar-refractivity contribution in [1.29, 1.82) is 0 Å². The van der Waals surface area contributed by atoms with Crippen LogP contribution in [-0.4, -0.2) is 29.8 Å². The Hall–Kier alpha value is -0.0800. The molecule has 0 amide bonds. The molecule has 0 aliphatic rings. The number of hydrogen-bond acceptors (Lipinski definition) is 2. The Morgan fingerprint density at radius 1 is 1.38 bits per heavy atom. The van der Waals surface area contributed by atoms with Crippen molar-refractivity contribution >= 4 is 16.8 Å². The SMILES string of the molecule is CCN(CC)CCCC(C)C(=O)Cl. The second-order valence-corrected chi connectivity index (χ2v) is 3.75. The molecule has 78 valence electrons. The van der Waals surface area contributed by atoms with Crippen molar-refractivity contribution in [3.8, 4) is 0 Å². The summed E-state index contributed by atoms with van der Waals surface area (Å²) in [6, 6.07) is 0. The van der Waals surface area contributed by atoms with E-state index < -0.39 is 0 Å². The molecule has 0 heterocycles. The first-order valence-corrected chi connectivity index (χ1v) is 5.41. The molecule has 0 aliphatic heterocycles. The molecule has 0 aromatic rings. The Morgan fingerprint density at radius 3 is 2.31 bits per heavy atom. The van der Waals surface area contributed by atoms with Crippen molar-refractivity contribution < 1.29 is 4.79 Å². The lowest BCUT2D eigenvalue weighted by molar-refractivity contribution is -0.114. The van der Waals surface area contributed by atoms with Crippen molar-refractivity contribution in [3.63, 3.8) is 0 Å². The van der Waals surface area contributed by atoms with Gasteiger partial charge in [-0.1, -0.05) is 20.8 Å². The van der Waals surface area contributed by atoms with Crippen LogP contribution in [-0.2, 0) is 4.79 Å². The van der Waals surface area contributed by atoms with E-state index in [1.165, 1.54) is 0 Å². The third-order valence-corrected chi connectivity index (χ3v) is 2.77. The minimum atomic E-state index is -0.209. The van der Waals surface area contributed by atoms with Crippen LogP contribution < -0.4 is 0 Å². The van der Waals surface area contributed by atoms with Crippen LogP contribution in [0.3, 0.4) is 0 Å². The van der Waals surface area contributed by atoms with E-state index in [4.69, 9.17) is 11.6 Å². The summed E-state index contributed by atoms with van der Waals surface area (Å²) in [7, 11) is 0. The molecule has 0 radical (unpaired) electrons. The number of carbonyl (C=O) groups is 1. The van der Waals surface area contributed by atoms with E-state index in [1.54, 1.807) is 0 Å². The molecule has 0 bridgehead atoms. The molecule has 0 fully saturated rings. The summed E-state index contributed by atoms with van der Waals surface area (Å²) in [4.78, 5) is 13.1. The molecule has 2 nitrogen and oxygen atoms in total. The smallest absolute Gasteiger partial charge is 0.224 e. The van der Waals surface area contributed by atoms with Gasteiger partial charge in [0.05, 0.1) is 0 Å². The van der Waals surface area contributed by atoms with Gasteiger partial charge < -0.3 is 4.90 Å². The Bertz CT molecular complexity index is 146. The molecule has 0 rings (SSSR count). The topological polar surface area (TPSA) is 20.3 Å². The maximum Gasteiger partial charge on any atom is 0.224 e. The lowest BCUT2D eigenvalue weighted by Gasteiger charge is -2.18. The molecule has 13 heavy (non-hydrogen) atoms. The van der Waals surface area contributed by atoms with E-state index in [1.807, 2.05) is 6.92 Å². The summed E-state index contributed by atoms with van der Waals surface area (Å²) < 4.78 is 0. The van der Waals surface area contributed by atoms with Crippen molar-refractivity contribution in [2.24, 2.45) is 5.92 Å². The largest absolute Gasteiger partial charge is 0.304 e. The highest BCUT2D eigenvalue weighted by Crippen LogP contribution is 2.09. The van der Waals surface area contributed by atoms with E-state index in [2.05, 4.69) is 18.7 Å². The second-order valence-electron chi connectivity index (χ2n) is 3.37. The molecule has 1 unspecified atom stereocenters. The molecule has 0 N–H and O–H groups in total. The van der Waals surface area contributed by atoms with Gasteiger partial charge in [-0.15, -0.1) is 0 Å². The number of rotatable bonds is 7. The van der Waals surface area contributed by atoms with Crippen LogP contribution in [0.2, 0.25) is 0 Å². The minimum Gasteiger partial charge on any atom is -0.304 e. The third-order valence-electron chi connectivity index (χ3n) is 2.39. The van der Waals surface area contributed by atoms with Gasteiger partial charge in [0.1, 0.15) is 0 Å². The summed E-state index contributed by atoms with van der Waals surface area (Å²) in [6.45, 7) is 9.43. The normalized spacial score (nSPS) is 13.3. The van der Waals surface area contributed by atoms with Crippen LogP contribution in [0.5, 0.6) is 0 Å². The summed E-state index contributed by atoms with van der Waals surface area (Å²) in [5.74, 6) is 0.0113. The molecule has 0 saturated heterocycles. The highest BCUT2D eigenvalue weighted by molar-refractivity contribution is 6.63. The van der Waals surface area contributed by atoms with Crippen molar-refractivity contribution in [2.45, 2.75) is 33.6 Å². The lowest BCUT2D eigenvalue weighted by Crippen LogP contribution is -2.24. The molecular weight excluding hydrogens is 186 g/mol. The highest BCUT2D eigenvalue weighted by atomic mass is 35.5. The molecule has 0 saturated carbocycles. The standard InChI is InChI=1S/C10H20ClNO/c1-4-12(5-2)8-6-7-9(3)10(11)13/h9H,4-8H2,1-3H3. The van der Waals surface area contributed by atoms with Gasteiger partial charge in [-0.05, 0) is 44.1 Å². The van der Waals surface area contributed by atoms with E-state index >= 15 is 0 Å². The minimum absolute atomic E-state index is 0.0113. The predicted octanol–water partition coefficient (Wildman–Crippen LogP) is 2.51. The fraction of sp³-hybridized carbons (Fsp3) is 0.900. The van der Waals surface area contributed by atoms with Crippen LogP contribution in [0.25, 0.3) is 0 Å². The van der Waals surface area contributed by atoms with Crippen LogP contribution in [0.1, 0.15) is 33.6 Å². The Kier molecular flexibility index (Phi) is 7.29. The number of hydrogen-bond donors (Lipinski definition) is 0. The zero-order valence-corrected chi connectivity index (χ0v) is 9.60. The van der Waals surface area contributed by atoms with Crippen LogP contribution in [0.4, 0.5) is 0 Å². The van der Waals surface area contributed by atoms with Gasteiger partial charge in [0.15, 0.2) is 0 Å². The maximum atomic E-state index is 10.7. The number of nitrogens with zero attached hydrogens (tertiary/aromatic N) is 1. The fourth-order valence-electron chi connectivity index (χ4n) is 1.27. The van der Waals surface area contributed by atoms with Gasteiger partial charge in [-0.2, -0.15) is 0 Å². The third kappa shape index (κ3) is 6.05. The zero-order valence-electron chi connectivity index (χ0n) is 8.85. The van der Waals surface area contributed by atoms with E-state index in [0.717, 1.165) is 32.5 Å². The highest BCUT2D eigenvalue weighted by Gasteiger charge is 2.09. The van der Waals surface area contributed by atoms with Gasteiger partial charge in [-0.3, -0.25) is 4.79 Å². The molecule has 3 heteroatoms. The van der Waals surface area contributed by atoms with Crippen LogP contribution in [0, 0.1) is 5.92 Å². The number of halogens is 1. The first kappa shape index (κ1) is 12.9. The summed E-state index contributed by atoms with van der Waals surface area (Å²) >= 11 is 5.36. The molecule has 0 aromatic heterocycles. The fourth-order valence-corrected chi connectivity index (χ4v) is 1.38. The Morgan fingerprint density at radius 2 is 1.92 bits per heavy atom. The molecule has 0 aromatic carbocycles. The van der Waals surface area contributed by atoms with E-state index in [0.29, 0.717) is 0 Å². The Labute approximate surface area is 86.2 Å². The lowest BCUT2D eigenvalue weighted by atomic mass is 10.1. The van der Waals surface area contributed by atoms with E-state index in [-0.39, 0.29) is 11.2 Å². The summed E-state index contributed by atoms with van der Waals surface area (Å²) in [6.07, 6.45) is 1.96. The predicted molar refractivity (Wildman–Crippen MR) is 57.0 cm³/mol. The maximum absolute atomic E-state index is 10.7. The second kappa shape index (κ2) is 7.34. The Balaban J connectivity index is 3.48. The summed E-state index contributed by atoms with van der Waals surface area (Å²) in [5, 5.41) is -0.209.